The molecule has 1 aromatic heterocycles. The minimum absolute atomic E-state index is 0.0141. The van der Waals surface area contributed by atoms with Crippen LogP contribution in [0.15, 0.2) is 53.3 Å². The molecule has 0 radical (unpaired) electrons. The van der Waals surface area contributed by atoms with Gasteiger partial charge in [0.2, 0.25) is 5.91 Å². The second-order valence-corrected chi connectivity index (χ2v) is 6.84. The monoisotopic (exact) mass is 370 g/mol. The van der Waals surface area contributed by atoms with Crippen LogP contribution in [0.2, 0.25) is 0 Å². The molecule has 1 saturated heterocycles. The standard InChI is InChI=1S/C20H26N4O3/c1-24(19(25)13-21-20(26)16-9-11-27-14-16)10-5-8-17-12-18(23-22-17)15-6-3-2-4-7-15/h2-4,6-7,9,11,14,17-18,22-23H,5,8,10,12-13H2,1H3,(H,21,26). The summed E-state index contributed by atoms with van der Waals surface area (Å²) in [7, 11) is 1.76. The van der Waals surface area contributed by atoms with Crippen LogP contribution in [0.4, 0.5) is 0 Å². The van der Waals surface area contributed by atoms with E-state index in [1.165, 1.54) is 18.1 Å². The van der Waals surface area contributed by atoms with Crippen LogP contribution in [0.1, 0.15) is 41.2 Å². The zero-order valence-electron chi connectivity index (χ0n) is 15.5. The average Bonchev–Trinajstić information content (AvgIpc) is 3.38. The van der Waals surface area contributed by atoms with E-state index in [0.29, 0.717) is 24.2 Å². The number of carbonyl (C=O) groups excluding carboxylic acids is 2. The number of hydrogen-bond donors (Lipinski definition) is 3. The molecule has 3 N–H and O–H groups in total. The van der Waals surface area contributed by atoms with E-state index in [9.17, 15) is 9.59 Å². The van der Waals surface area contributed by atoms with Gasteiger partial charge in [0, 0.05) is 25.7 Å². The van der Waals surface area contributed by atoms with Gasteiger partial charge < -0.3 is 14.6 Å². The van der Waals surface area contributed by atoms with E-state index in [1.807, 2.05) is 6.07 Å². The van der Waals surface area contributed by atoms with Gasteiger partial charge in [-0.05, 0) is 30.9 Å². The lowest BCUT2D eigenvalue weighted by atomic mass is 10.00. The third kappa shape index (κ3) is 5.42. The Labute approximate surface area is 159 Å². The smallest absolute Gasteiger partial charge is 0.254 e. The summed E-state index contributed by atoms with van der Waals surface area (Å²) in [5.41, 5.74) is 8.39. The normalized spacial score (nSPS) is 19.0. The highest BCUT2D eigenvalue weighted by Crippen LogP contribution is 2.23. The molecule has 2 unspecified atom stereocenters. The second-order valence-electron chi connectivity index (χ2n) is 6.84. The van der Waals surface area contributed by atoms with Crippen molar-refractivity contribution < 1.29 is 14.0 Å². The molecule has 2 heterocycles. The highest BCUT2D eigenvalue weighted by molar-refractivity contribution is 5.96. The summed E-state index contributed by atoms with van der Waals surface area (Å²) in [4.78, 5) is 25.6. The van der Waals surface area contributed by atoms with Crippen LogP contribution in [0.3, 0.4) is 0 Å². The molecule has 0 saturated carbocycles. The van der Waals surface area contributed by atoms with Crippen molar-refractivity contribution in [1.82, 2.24) is 21.1 Å². The third-order valence-corrected chi connectivity index (χ3v) is 4.84. The SMILES string of the molecule is CN(CCCC1CC(c2ccccc2)NN1)C(=O)CNC(=O)c1ccoc1. The van der Waals surface area contributed by atoms with Crippen molar-refractivity contribution >= 4 is 11.8 Å². The average molecular weight is 370 g/mol. The molecule has 2 amide bonds. The number of amides is 2. The molecule has 2 aromatic rings. The topological polar surface area (TPSA) is 86.6 Å². The van der Waals surface area contributed by atoms with Gasteiger partial charge in [-0.15, -0.1) is 0 Å². The molecule has 3 rings (SSSR count). The largest absolute Gasteiger partial charge is 0.472 e. The molecule has 1 aliphatic heterocycles. The van der Waals surface area contributed by atoms with Gasteiger partial charge in [-0.1, -0.05) is 30.3 Å². The first-order valence-corrected chi connectivity index (χ1v) is 9.24. The van der Waals surface area contributed by atoms with Gasteiger partial charge >= 0.3 is 0 Å². The van der Waals surface area contributed by atoms with Crippen molar-refractivity contribution in [2.45, 2.75) is 31.3 Å². The fourth-order valence-corrected chi connectivity index (χ4v) is 3.20. The van der Waals surface area contributed by atoms with E-state index in [1.54, 1.807) is 18.0 Å². The number of furan rings is 1. The van der Waals surface area contributed by atoms with Gasteiger partial charge in [0.25, 0.3) is 5.91 Å². The van der Waals surface area contributed by atoms with E-state index in [0.717, 1.165) is 19.3 Å². The Balaban J connectivity index is 1.33. The van der Waals surface area contributed by atoms with Crippen LogP contribution in [-0.4, -0.2) is 42.9 Å². The second kappa shape index (κ2) is 9.34. The molecule has 7 heteroatoms. The number of likely N-dealkylation sites (N-methyl/N-ethyl adjacent to an activating group) is 1. The van der Waals surface area contributed by atoms with Crippen molar-refractivity contribution in [3.05, 3.63) is 60.1 Å². The number of benzene rings is 1. The Morgan fingerprint density at radius 1 is 1.22 bits per heavy atom. The maximum atomic E-state index is 12.1. The maximum absolute atomic E-state index is 12.1. The van der Waals surface area contributed by atoms with Crippen LogP contribution in [0.5, 0.6) is 0 Å². The minimum atomic E-state index is -0.307. The lowest BCUT2D eigenvalue weighted by molar-refractivity contribution is -0.128. The quantitative estimate of drug-likeness (QED) is 0.660. The molecule has 1 fully saturated rings. The lowest BCUT2D eigenvalue weighted by Gasteiger charge is -2.18. The molecule has 1 aromatic carbocycles. The predicted molar refractivity (Wildman–Crippen MR) is 102 cm³/mol. The van der Waals surface area contributed by atoms with Crippen LogP contribution in [-0.2, 0) is 4.79 Å². The highest BCUT2D eigenvalue weighted by atomic mass is 16.3. The lowest BCUT2D eigenvalue weighted by Crippen LogP contribution is -2.39. The van der Waals surface area contributed by atoms with Gasteiger partial charge in [0.05, 0.1) is 18.4 Å². The summed E-state index contributed by atoms with van der Waals surface area (Å²) in [5, 5.41) is 2.61. The molecule has 0 bridgehead atoms. The predicted octanol–water partition coefficient (Wildman–Crippen LogP) is 1.86. The minimum Gasteiger partial charge on any atom is -0.472 e. The number of nitrogens with one attached hydrogen (secondary N) is 3. The molecule has 0 spiro atoms. The van der Waals surface area contributed by atoms with Crippen molar-refractivity contribution in [2.75, 3.05) is 20.1 Å². The number of nitrogens with zero attached hydrogens (tertiary/aromatic N) is 1. The van der Waals surface area contributed by atoms with E-state index in [-0.39, 0.29) is 18.4 Å². The number of hydrogen-bond acceptors (Lipinski definition) is 5. The fourth-order valence-electron chi connectivity index (χ4n) is 3.20. The van der Waals surface area contributed by atoms with Gasteiger partial charge in [-0.3, -0.25) is 20.4 Å². The Morgan fingerprint density at radius 3 is 2.78 bits per heavy atom. The summed E-state index contributed by atoms with van der Waals surface area (Å²) < 4.78 is 4.86. The summed E-state index contributed by atoms with van der Waals surface area (Å²) in [6, 6.07) is 12.7. The first-order chi connectivity index (χ1) is 13.1. The van der Waals surface area contributed by atoms with Crippen molar-refractivity contribution in [2.24, 2.45) is 0 Å². The van der Waals surface area contributed by atoms with E-state index >= 15 is 0 Å². The van der Waals surface area contributed by atoms with Crippen LogP contribution in [0, 0.1) is 0 Å². The van der Waals surface area contributed by atoms with Gasteiger partial charge in [0.1, 0.15) is 6.26 Å². The van der Waals surface area contributed by atoms with Gasteiger partial charge in [-0.2, -0.15) is 0 Å². The van der Waals surface area contributed by atoms with Crippen molar-refractivity contribution in [3.63, 3.8) is 0 Å². The molecule has 144 valence electrons. The molecule has 2 atom stereocenters. The number of hydrazine groups is 1. The van der Waals surface area contributed by atoms with Crippen molar-refractivity contribution in [3.8, 4) is 0 Å². The summed E-state index contributed by atoms with van der Waals surface area (Å²) in [6.45, 7) is 0.647. The molecule has 7 nitrogen and oxygen atoms in total. The summed E-state index contributed by atoms with van der Waals surface area (Å²) in [6.07, 6.45) is 5.70. The van der Waals surface area contributed by atoms with Gasteiger partial charge in [0.15, 0.2) is 0 Å². The van der Waals surface area contributed by atoms with Crippen molar-refractivity contribution in [1.29, 1.82) is 0 Å². The summed E-state index contributed by atoms with van der Waals surface area (Å²) >= 11 is 0. The van der Waals surface area contributed by atoms with Crippen LogP contribution < -0.4 is 16.2 Å². The Bertz CT molecular complexity index is 733. The first-order valence-electron chi connectivity index (χ1n) is 9.24. The first kappa shape index (κ1) is 19.1. The number of carbonyl (C=O) groups is 2. The van der Waals surface area contributed by atoms with E-state index in [2.05, 4.69) is 40.4 Å². The zero-order valence-corrected chi connectivity index (χ0v) is 15.5. The van der Waals surface area contributed by atoms with E-state index in [4.69, 9.17) is 4.42 Å². The van der Waals surface area contributed by atoms with Crippen LogP contribution in [0.25, 0.3) is 0 Å². The number of rotatable bonds is 8. The van der Waals surface area contributed by atoms with E-state index < -0.39 is 0 Å². The molecule has 1 aliphatic rings. The molecule has 27 heavy (non-hydrogen) atoms. The highest BCUT2D eigenvalue weighted by Gasteiger charge is 2.24. The Morgan fingerprint density at radius 2 is 2.04 bits per heavy atom. The maximum Gasteiger partial charge on any atom is 0.254 e. The Kier molecular flexibility index (Phi) is 6.62. The third-order valence-electron chi connectivity index (χ3n) is 4.84. The summed E-state index contributed by atoms with van der Waals surface area (Å²) in [5.74, 6) is -0.412. The molecular weight excluding hydrogens is 344 g/mol. The van der Waals surface area contributed by atoms with Gasteiger partial charge in [-0.25, -0.2) is 0 Å². The Hall–Kier alpha value is -2.64. The molecular formula is C20H26N4O3. The fraction of sp³-hybridized carbons (Fsp3) is 0.400. The van der Waals surface area contributed by atoms with Crippen LogP contribution >= 0.6 is 0 Å². The zero-order chi connectivity index (χ0) is 19.1. The molecule has 0 aliphatic carbocycles.